The van der Waals surface area contributed by atoms with Gasteiger partial charge < -0.3 is 19.7 Å². The van der Waals surface area contributed by atoms with Crippen LogP contribution in [0.5, 0.6) is 11.5 Å². The highest BCUT2D eigenvalue weighted by molar-refractivity contribution is 5.86. The van der Waals surface area contributed by atoms with Crippen molar-refractivity contribution in [3.05, 3.63) is 36.8 Å². The van der Waals surface area contributed by atoms with Crippen molar-refractivity contribution in [3.8, 4) is 11.5 Å². The van der Waals surface area contributed by atoms with Gasteiger partial charge in [0.25, 0.3) is 5.91 Å². The minimum absolute atomic E-state index is 0.194. The molecule has 9 nitrogen and oxygen atoms in total. The summed E-state index contributed by atoms with van der Waals surface area (Å²) < 4.78 is 13.2. The molecule has 1 fully saturated rings. The second-order valence-corrected chi connectivity index (χ2v) is 7.51. The SMILES string of the molecule is O=C(NCCn1ncc2c(N3CCCCC3)ncnc21)[C@H]1COc2ccccc2O1. The van der Waals surface area contributed by atoms with E-state index in [2.05, 4.69) is 25.3 Å². The third-order valence-electron chi connectivity index (χ3n) is 5.49. The first-order valence-corrected chi connectivity index (χ1v) is 10.4. The summed E-state index contributed by atoms with van der Waals surface area (Å²) in [5.41, 5.74) is 0.783. The van der Waals surface area contributed by atoms with Crippen LogP contribution in [0.25, 0.3) is 11.0 Å². The van der Waals surface area contributed by atoms with E-state index in [1.54, 1.807) is 17.1 Å². The molecule has 2 aliphatic rings. The molecule has 1 amide bonds. The number of ether oxygens (including phenoxy) is 2. The second kappa shape index (κ2) is 8.17. The number of nitrogens with zero attached hydrogens (tertiary/aromatic N) is 5. The lowest BCUT2D eigenvalue weighted by Crippen LogP contribution is -2.44. The highest BCUT2D eigenvalue weighted by atomic mass is 16.6. The standard InChI is InChI=1S/C21H24N6O3/c28-21(18-13-29-16-6-2-3-7-17(16)30-18)22-8-11-27-20-15(12-25-27)19(23-14-24-20)26-9-4-1-5-10-26/h2-3,6-7,12,14,18H,1,4-5,8-11,13H2,(H,22,28)/t18-/m1/s1. The van der Waals surface area contributed by atoms with Crippen molar-refractivity contribution in [2.24, 2.45) is 0 Å². The number of nitrogens with one attached hydrogen (secondary N) is 1. The first-order valence-electron chi connectivity index (χ1n) is 10.4. The van der Waals surface area contributed by atoms with E-state index in [9.17, 15) is 4.79 Å². The minimum Gasteiger partial charge on any atom is -0.485 e. The Morgan fingerprint density at radius 3 is 2.83 bits per heavy atom. The van der Waals surface area contributed by atoms with Gasteiger partial charge in [0, 0.05) is 19.6 Å². The summed E-state index contributed by atoms with van der Waals surface area (Å²) in [5, 5.41) is 8.33. The Labute approximate surface area is 174 Å². The smallest absolute Gasteiger partial charge is 0.264 e. The number of hydrogen-bond donors (Lipinski definition) is 1. The van der Waals surface area contributed by atoms with E-state index in [4.69, 9.17) is 9.47 Å². The van der Waals surface area contributed by atoms with E-state index >= 15 is 0 Å². The van der Waals surface area contributed by atoms with Gasteiger partial charge >= 0.3 is 0 Å². The zero-order chi connectivity index (χ0) is 20.3. The molecule has 0 saturated carbocycles. The summed E-state index contributed by atoms with van der Waals surface area (Å²) >= 11 is 0. The lowest BCUT2D eigenvalue weighted by Gasteiger charge is -2.27. The normalized spacial score (nSPS) is 18.4. The van der Waals surface area contributed by atoms with Crippen LogP contribution in [-0.4, -0.2) is 58.0 Å². The summed E-state index contributed by atoms with van der Waals surface area (Å²) in [5.74, 6) is 1.99. The fourth-order valence-electron chi connectivity index (χ4n) is 3.95. The van der Waals surface area contributed by atoms with Crippen LogP contribution in [0.3, 0.4) is 0 Å². The molecule has 1 atom stereocenters. The molecule has 0 spiro atoms. The predicted molar refractivity (Wildman–Crippen MR) is 111 cm³/mol. The Morgan fingerprint density at radius 1 is 1.13 bits per heavy atom. The van der Waals surface area contributed by atoms with Gasteiger partial charge in [-0.2, -0.15) is 5.10 Å². The maximum atomic E-state index is 12.5. The maximum absolute atomic E-state index is 12.5. The van der Waals surface area contributed by atoms with Gasteiger partial charge in [0.15, 0.2) is 17.1 Å². The molecule has 1 saturated heterocycles. The van der Waals surface area contributed by atoms with E-state index in [-0.39, 0.29) is 12.5 Å². The molecule has 4 heterocycles. The summed E-state index contributed by atoms with van der Waals surface area (Å²) in [6, 6.07) is 7.35. The largest absolute Gasteiger partial charge is 0.485 e. The number of benzene rings is 1. The summed E-state index contributed by atoms with van der Waals surface area (Å²) in [6.07, 6.45) is 6.38. The number of aromatic nitrogens is 4. The Balaban J connectivity index is 1.21. The van der Waals surface area contributed by atoms with Crippen molar-refractivity contribution in [3.63, 3.8) is 0 Å². The van der Waals surface area contributed by atoms with Crippen molar-refractivity contribution < 1.29 is 14.3 Å². The molecule has 5 rings (SSSR count). The molecule has 0 bridgehead atoms. The number of fused-ring (bicyclic) bond motifs is 2. The van der Waals surface area contributed by atoms with Crippen LogP contribution in [0.4, 0.5) is 5.82 Å². The second-order valence-electron chi connectivity index (χ2n) is 7.51. The Hall–Kier alpha value is -3.36. The van der Waals surface area contributed by atoms with Gasteiger partial charge in [-0.05, 0) is 31.4 Å². The molecule has 1 N–H and O–H groups in total. The highest BCUT2D eigenvalue weighted by Crippen LogP contribution is 2.31. The number of piperidine rings is 1. The van der Waals surface area contributed by atoms with E-state index in [0.29, 0.717) is 24.6 Å². The van der Waals surface area contributed by atoms with E-state index < -0.39 is 6.10 Å². The lowest BCUT2D eigenvalue weighted by molar-refractivity contribution is -0.130. The van der Waals surface area contributed by atoms with Crippen molar-refractivity contribution >= 4 is 22.8 Å². The van der Waals surface area contributed by atoms with Gasteiger partial charge in [-0.1, -0.05) is 12.1 Å². The van der Waals surface area contributed by atoms with Gasteiger partial charge in [-0.15, -0.1) is 0 Å². The van der Waals surface area contributed by atoms with Gasteiger partial charge in [0.1, 0.15) is 18.8 Å². The molecule has 0 aliphatic carbocycles. The molecule has 2 aromatic heterocycles. The van der Waals surface area contributed by atoms with Crippen LogP contribution < -0.4 is 19.7 Å². The molecule has 0 radical (unpaired) electrons. The Bertz CT molecular complexity index is 1050. The van der Waals surface area contributed by atoms with Crippen LogP contribution in [-0.2, 0) is 11.3 Å². The molecular formula is C21H24N6O3. The first-order chi connectivity index (χ1) is 14.8. The molecule has 1 aromatic carbocycles. The van der Waals surface area contributed by atoms with Crippen LogP contribution >= 0.6 is 0 Å². The molecule has 156 valence electrons. The van der Waals surface area contributed by atoms with Gasteiger partial charge in [-0.25, -0.2) is 14.6 Å². The fraction of sp³-hybridized carbons (Fsp3) is 0.429. The number of hydrogen-bond acceptors (Lipinski definition) is 7. The first kappa shape index (κ1) is 18.7. The molecule has 30 heavy (non-hydrogen) atoms. The quantitative estimate of drug-likeness (QED) is 0.688. The van der Waals surface area contributed by atoms with Crippen molar-refractivity contribution in [2.75, 3.05) is 31.1 Å². The van der Waals surface area contributed by atoms with Crippen LogP contribution in [0.15, 0.2) is 36.8 Å². The van der Waals surface area contributed by atoms with E-state index in [1.807, 2.05) is 24.4 Å². The third kappa shape index (κ3) is 3.62. The molecule has 2 aliphatic heterocycles. The molecule has 0 unspecified atom stereocenters. The zero-order valence-electron chi connectivity index (χ0n) is 16.7. The van der Waals surface area contributed by atoms with Crippen LogP contribution in [0, 0.1) is 0 Å². The van der Waals surface area contributed by atoms with Gasteiger partial charge in [0.2, 0.25) is 6.10 Å². The van der Waals surface area contributed by atoms with Crippen LogP contribution in [0.2, 0.25) is 0 Å². The number of para-hydroxylation sites is 2. The average molecular weight is 408 g/mol. The number of anilines is 1. The molecule has 3 aromatic rings. The Morgan fingerprint density at radius 2 is 1.97 bits per heavy atom. The van der Waals surface area contributed by atoms with Crippen molar-refractivity contribution in [2.45, 2.75) is 31.9 Å². The third-order valence-corrected chi connectivity index (χ3v) is 5.49. The number of carbonyl (C=O) groups is 1. The van der Waals surface area contributed by atoms with Gasteiger partial charge in [0.05, 0.1) is 18.1 Å². The summed E-state index contributed by atoms with van der Waals surface area (Å²) in [7, 11) is 0. The number of rotatable bonds is 5. The summed E-state index contributed by atoms with van der Waals surface area (Å²) in [4.78, 5) is 23.7. The fourth-order valence-corrected chi connectivity index (χ4v) is 3.95. The number of carbonyl (C=O) groups excluding carboxylic acids is 1. The van der Waals surface area contributed by atoms with Crippen LogP contribution in [0.1, 0.15) is 19.3 Å². The molecular weight excluding hydrogens is 384 g/mol. The van der Waals surface area contributed by atoms with E-state index in [0.717, 1.165) is 29.9 Å². The van der Waals surface area contributed by atoms with Crippen molar-refractivity contribution in [1.82, 2.24) is 25.1 Å². The topological polar surface area (TPSA) is 94.4 Å². The number of amides is 1. The maximum Gasteiger partial charge on any atom is 0.264 e. The predicted octanol–water partition coefficient (Wildman–Crippen LogP) is 1.77. The van der Waals surface area contributed by atoms with Crippen molar-refractivity contribution in [1.29, 1.82) is 0 Å². The monoisotopic (exact) mass is 408 g/mol. The highest BCUT2D eigenvalue weighted by Gasteiger charge is 2.27. The van der Waals surface area contributed by atoms with E-state index in [1.165, 1.54) is 19.3 Å². The molecule has 9 heteroatoms. The van der Waals surface area contributed by atoms with Gasteiger partial charge in [-0.3, -0.25) is 4.79 Å². The summed E-state index contributed by atoms with van der Waals surface area (Å²) in [6.45, 7) is 3.15. The Kier molecular flexibility index (Phi) is 5.08. The minimum atomic E-state index is -0.665. The lowest BCUT2D eigenvalue weighted by atomic mass is 10.1. The zero-order valence-corrected chi connectivity index (χ0v) is 16.7. The average Bonchev–Trinajstić information content (AvgIpc) is 3.22.